The van der Waals surface area contributed by atoms with Crippen molar-refractivity contribution in [1.29, 1.82) is 0 Å². The van der Waals surface area contributed by atoms with Crippen molar-refractivity contribution in [3.05, 3.63) is 11.9 Å². The molecular weight excluding hydrogens is 244 g/mol. The topological polar surface area (TPSA) is 76.1 Å². The van der Waals surface area contributed by atoms with Crippen LogP contribution in [0.5, 0.6) is 0 Å². The second-order valence-corrected chi connectivity index (χ2v) is 3.92. The van der Waals surface area contributed by atoms with Gasteiger partial charge < -0.3 is 15.4 Å². The second kappa shape index (κ2) is 8.29. The largest absolute Gasteiger partial charge is 0.466 e. The van der Waals surface area contributed by atoms with Gasteiger partial charge in [0, 0.05) is 18.7 Å². The van der Waals surface area contributed by atoms with Gasteiger partial charge in [0.25, 0.3) is 0 Å². The zero-order chi connectivity index (χ0) is 14.1. The maximum Gasteiger partial charge on any atom is 0.307 e. The quantitative estimate of drug-likeness (QED) is 0.699. The summed E-state index contributed by atoms with van der Waals surface area (Å²) in [5.41, 5.74) is 1.04. The number of rotatable bonds is 8. The molecule has 0 spiro atoms. The van der Waals surface area contributed by atoms with Gasteiger partial charge in [-0.15, -0.1) is 0 Å². The first-order valence-corrected chi connectivity index (χ1v) is 6.70. The van der Waals surface area contributed by atoms with Crippen LogP contribution in [0, 0.1) is 0 Å². The number of aromatic nitrogens is 2. The fourth-order valence-electron chi connectivity index (χ4n) is 1.74. The third-order valence-electron chi connectivity index (χ3n) is 2.57. The molecule has 0 aliphatic carbocycles. The molecule has 1 heterocycles. The van der Waals surface area contributed by atoms with Gasteiger partial charge in [0.05, 0.1) is 13.0 Å². The van der Waals surface area contributed by atoms with E-state index in [4.69, 9.17) is 4.74 Å². The standard InChI is InChI=1S/C13H22N4O2/c1-4-10-12(14-5-2)16-9-17-13(10)15-8-7-11(18)19-6-3/h9H,4-8H2,1-3H3,(H2,14,15,16,17). The van der Waals surface area contributed by atoms with Crippen molar-refractivity contribution in [2.75, 3.05) is 30.3 Å². The minimum Gasteiger partial charge on any atom is -0.466 e. The summed E-state index contributed by atoms with van der Waals surface area (Å²) in [4.78, 5) is 19.7. The van der Waals surface area contributed by atoms with Crippen LogP contribution in [0.2, 0.25) is 0 Å². The van der Waals surface area contributed by atoms with Crippen molar-refractivity contribution in [2.24, 2.45) is 0 Å². The summed E-state index contributed by atoms with van der Waals surface area (Å²) in [5.74, 6) is 1.42. The molecule has 0 aliphatic heterocycles. The number of carbonyl (C=O) groups excluding carboxylic acids is 1. The number of carbonyl (C=O) groups is 1. The Morgan fingerprint density at radius 3 is 2.47 bits per heavy atom. The molecule has 0 atom stereocenters. The number of hydrogen-bond acceptors (Lipinski definition) is 6. The molecular formula is C13H22N4O2. The van der Waals surface area contributed by atoms with Gasteiger partial charge in [-0.3, -0.25) is 4.79 Å². The molecule has 106 valence electrons. The van der Waals surface area contributed by atoms with E-state index in [9.17, 15) is 4.79 Å². The average molecular weight is 266 g/mol. The van der Waals surface area contributed by atoms with E-state index < -0.39 is 0 Å². The molecule has 6 heteroatoms. The first kappa shape index (κ1) is 15.2. The van der Waals surface area contributed by atoms with Crippen LogP contribution in [0.4, 0.5) is 11.6 Å². The lowest BCUT2D eigenvalue weighted by Gasteiger charge is -2.13. The zero-order valence-corrected chi connectivity index (χ0v) is 11.8. The van der Waals surface area contributed by atoms with Gasteiger partial charge in [-0.1, -0.05) is 6.92 Å². The molecule has 0 radical (unpaired) electrons. The summed E-state index contributed by atoms with van der Waals surface area (Å²) in [6, 6.07) is 0. The van der Waals surface area contributed by atoms with Gasteiger partial charge >= 0.3 is 5.97 Å². The van der Waals surface area contributed by atoms with E-state index in [1.807, 2.05) is 6.92 Å². The van der Waals surface area contributed by atoms with E-state index in [1.165, 1.54) is 6.33 Å². The number of ether oxygens (including phenoxy) is 1. The van der Waals surface area contributed by atoms with Gasteiger partial charge in [-0.25, -0.2) is 9.97 Å². The normalized spacial score (nSPS) is 10.1. The lowest BCUT2D eigenvalue weighted by molar-refractivity contribution is -0.142. The molecule has 0 bridgehead atoms. The molecule has 0 amide bonds. The maximum atomic E-state index is 11.2. The Morgan fingerprint density at radius 1 is 1.21 bits per heavy atom. The first-order chi connectivity index (χ1) is 9.22. The van der Waals surface area contributed by atoms with E-state index in [1.54, 1.807) is 6.92 Å². The molecule has 1 aromatic heterocycles. The van der Waals surface area contributed by atoms with E-state index in [0.29, 0.717) is 19.6 Å². The summed E-state index contributed by atoms with van der Waals surface area (Å²) in [6.45, 7) is 7.61. The monoisotopic (exact) mass is 266 g/mol. The summed E-state index contributed by atoms with van der Waals surface area (Å²) in [6.07, 6.45) is 2.67. The predicted octanol–water partition coefficient (Wildman–Crippen LogP) is 1.84. The van der Waals surface area contributed by atoms with Crippen molar-refractivity contribution in [1.82, 2.24) is 9.97 Å². The lowest BCUT2D eigenvalue weighted by atomic mass is 10.2. The van der Waals surface area contributed by atoms with Crippen LogP contribution in [0.1, 0.15) is 32.8 Å². The number of esters is 1. The summed E-state index contributed by atoms with van der Waals surface area (Å²) in [7, 11) is 0. The van der Waals surface area contributed by atoms with Crippen molar-refractivity contribution in [3.8, 4) is 0 Å². The number of anilines is 2. The minimum absolute atomic E-state index is 0.200. The Balaban J connectivity index is 2.62. The SMILES string of the molecule is CCNc1ncnc(NCCC(=O)OCC)c1CC. The predicted molar refractivity (Wildman–Crippen MR) is 75.3 cm³/mol. The van der Waals surface area contributed by atoms with E-state index in [2.05, 4.69) is 27.5 Å². The summed E-state index contributed by atoms with van der Waals surface area (Å²) in [5, 5.41) is 6.36. The summed E-state index contributed by atoms with van der Waals surface area (Å²) < 4.78 is 4.87. The molecule has 0 aliphatic rings. The van der Waals surface area contributed by atoms with Crippen LogP contribution in [0.3, 0.4) is 0 Å². The molecule has 6 nitrogen and oxygen atoms in total. The first-order valence-electron chi connectivity index (χ1n) is 6.70. The molecule has 0 saturated carbocycles. The fourth-order valence-corrected chi connectivity index (χ4v) is 1.74. The van der Waals surface area contributed by atoms with E-state index in [-0.39, 0.29) is 5.97 Å². The van der Waals surface area contributed by atoms with Crippen LogP contribution in [0.15, 0.2) is 6.33 Å². The molecule has 1 rings (SSSR count). The number of hydrogen-bond donors (Lipinski definition) is 2. The molecule has 0 aromatic carbocycles. The Bertz CT molecular complexity index is 410. The number of nitrogens with zero attached hydrogens (tertiary/aromatic N) is 2. The Kier molecular flexibility index (Phi) is 6.63. The Morgan fingerprint density at radius 2 is 1.89 bits per heavy atom. The number of nitrogens with one attached hydrogen (secondary N) is 2. The van der Waals surface area contributed by atoms with E-state index in [0.717, 1.165) is 30.2 Å². The minimum atomic E-state index is -0.200. The average Bonchev–Trinajstić information content (AvgIpc) is 2.40. The maximum absolute atomic E-state index is 11.2. The van der Waals surface area contributed by atoms with Crippen molar-refractivity contribution >= 4 is 17.6 Å². The smallest absolute Gasteiger partial charge is 0.307 e. The van der Waals surface area contributed by atoms with Gasteiger partial charge in [-0.2, -0.15) is 0 Å². The fraction of sp³-hybridized carbons (Fsp3) is 0.615. The lowest BCUT2D eigenvalue weighted by Crippen LogP contribution is -2.14. The highest BCUT2D eigenvalue weighted by atomic mass is 16.5. The van der Waals surface area contributed by atoms with Gasteiger partial charge in [0.2, 0.25) is 0 Å². The molecule has 0 unspecified atom stereocenters. The van der Waals surface area contributed by atoms with Gasteiger partial charge in [0.1, 0.15) is 18.0 Å². The van der Waals surface area contributed by atoms with Gasteiger partial charge in [0.15, 0.2) is 0 Å². The van der Waals surface area contributed by atoms with Gasteiger partial charge in [-0.05, 0) is 20.3 Å². The Hall–Kier alpha value is -1.85. The highest BCUT2D eigenvalue weighted by molar-refractivity contribution is 5.70. The van der Waals surface area contributed by atoms with Crippen LogP contribution < -0.4 is 10.6 Å². The van der Waals surface area contributed by atoms with Crippen LogP contribution in [-0.4, -0.2) is 35.6 Å². The van der Waals surface area contributed by atoms with Crippen molar-refractivity contribution in [3.63, 3.8) is 0 Å². The molecule has 0 saturated heterocycles. The molecule has 19 heavy (non-hydrogen) atoms. The Labute approximate surface area is 114 Å². The zero-order valence-electron chi connectivity index (χ0n) is 11.8. The second-order valence-electron chi connectivity index (χ2n) is 3.92. The van der Waals surface area contributed by atoms with E-state index >= 15 is 0 Å². The molecule has 0 fully saturated rings. The highest BCUT2D eigenvalue weighted by Gasteiger charge is 2.09. The highest BCUT2D eigenvalue weighted by Crippen LogP contribution is 2.20. The molecule has 2 N–H and O–H groups in total. The van der Waals surface area contributed by atoms with Crippen molar-refractivity contribution in [2.45, 2.75) is 33.6 Å². The third kappa shape index (κ3) is 4.73. The van der Waals surface area contributed by atoms with Crippen LogP contribution >= 0.6 is 0 Å². The van der Waals surface area contributed by atoms with Crippen LogP contribution in [-0.2, 0) is 16.0 Å². The van der Waals surface area contributed by atoms with Crippen LogP contribution in [0.25, 0.3) is 0 Å². The van der Waals surface area contributed by atoms with Crippen molar-refractivity contribution < 1.29 is 9.53 Å². The summed E-state index contributed by atoms with van der Waals surface area (Å²) >= 11 is 0. The molecule has 1 aromatic rings. The third-order valence-corrected chi connectivity index (χ3v) is 2.57.